The summed E-state index contributed by atoms with van der Waals surface area (Å²) in [4.78, 5) is 15.0. The Kier molecular flexibility index (Phi) is 4.12. The van der Waals surface area contributed by atoms with Gasteiger partial charge >= 0.3 is 0 Å². The van der Waals surface area contributed by atoms with Gasteiger partial charge in [0.05, 0.1) is 6.04 Å². The third kappa shape index (κ3) is 3.22. The van der Waals surface area contributed by atoms with Crippen LogP contribution in [-0.4, -0.2) is 59.9 Å². The smallest absolute Gasteiger partial charge is 0.237 e. The second-order valence-corrected chi connectivity index (χ2v) is 8.31. The molecule has 132 valence electrons. The van der Waals surface area contributed by atoms with Gasteiger partial charge in [-0.1, -0.05) is 0 Å². The zero-order valence-corrected chi connectivity index (χ0v) is 14.6. The topological polar surface area (TPSA) is 62.2 Å². The summed E-state index contributed by atoms with van der Waals surface area (Å²) in [5.74, 6) is 0.222. The van der Waals surface area contributed by atoms with E-state index in [0.717, 1.165) is 39.1 Å². The molecular weight excluding hydrogens is 302 g/mol. The molecular formula is C18H29N5O. The molecule has 1 unspecified atom stereocenters. The molecule has 1 spiro atoms. The van der Waals surface area contributed by atoms with Crippen molar-refractivity contribution in [2.24, 2.45) is 10.8 Å². The number of likely N-dealkylation sites (N-methyl/N-ethyl adjacent to an activating group) is 1. The fraction of sp³-hybridized carbons (Fsp3) is 0.778. The molecule has 3 aliphatic rings. The zero-order chi connectivity index (χ0) is 16.6. The van der Waals surface area contributed by atoms with Gasteiger partial charge in [0.2, 0.25) is 5.91 Å². The summed E-state index contributed by atoms with van der Waals surface area (Å²) in [5.41, 5.74) is 0.583. The predicted octanol–water partition coefficient (Wildman–Crippen LogP) is 0.853. The Labute approximate surface area is 144 Å². The third-order valence-electron chi connectivity index (χ3n) is 6.36. The van der Waals surface area contributed by atoms with E-state index in [1.165, 1.54) is 25.7 Å². The molecule has 6 heteroatoms. The predicted molar refractivity (Wildman–Crippen MR) is 92.5 cm³/mol. The van der Waals surface area contributed by atoms with Crippen LogP contribution in [0, 0.1) is 10.8 Å². The van der Waals surface area contributed by atoms with Gasteiger partial charge in [-0.15, -0.1) is 0 Å². The number of piperidine rings is 1. The monoisotopic (exact) mass is 331 g/mol. The molecule has 0 bridgehead atoms. The minimum atomic E-state index is 0.0450. The molecule has 0 radical (unpaired) electrons. The Balaban J connectivity index is 1.31. The summed E-state index contributed by atoms with van der Waals surface area (Å²) in [6, 6.07) is 2.00. The van der Waals surface area contributed by atoms with Crippen LogP contribution in [0.1, 0.15) is 32.1 Å². The molecule has 4 rings (SSSR count). The van der Waals surface area contributed by atoms with Crippen molar-refractivity contribution in [1.82, 2.24) is 25.3 Å². The Hall–Kier alpha value is -1.40. The van der Waals surface area contributed by atoms with Crippen LogP contribution in [0.5, 0.6) is 0 Å². The van der Waals surface area contributed by atoms with Crippen molar-refractivity contribution in [3.05, 3.63) is 18.5 Å². The number of carbonyl (C=O) groups excluding carboxylic acids is 1. The summed E-state index contributed by atoms with van der Waals surface area (Å²) in [7, 11) is 2.11. The quantitative estimate of drug-likeness (QED) is 0.840. The molecule has 1 aromatic heterocycles. The van der Waals surface area contributed by atoms with Crippen molar-refractivity contribution in [2.45, 2.75) is 44.7 Å². The van der Waals surface area contributed by atoms with Crippen LogP contribution in [0.4, 0.5) is 0 Å². The first kappa shape index (κ1) is 16.1. The van der Waals surface area contributed by atoms with E-state index >= 15 is 0 Å². The van der Waals surface area contributed by atoms with Crippen LogP contribution >= 0.6 is 0 Å². The molecule has 2 saturated heterocycles. The van der Waals surface area contributed by atoms with Crippen molar-refractivity contribution < 1.29 is 4.79 Å². The van der Waals surface area contributed by atoms with Gasteiger partial charge in [-0.05, 0) is 63.7 Å². The number of amides is 1. The lowest BCUT2D eigenvalue weighted by atomic mass is 9.77. The van der Waals surface area contributed by atoms with E-state index < -0.39 is 0 Å². The molecule has 1 saturated carbocycles. The van der Waals surface area contributed by atoms with Crippen LogP contribution in [0.2, 0.25) is 0 Å². The second kappa shape index (κ2) is 6.15. The molecule has 2 N–H and O–H groups in total. The number of carbonyl (C=O) groups is 1. The van der Waals surface area contributed by atoms with E-state index in [4.69, 9.17) is 0 Å². The number of rotatable bonds is 5. The molecule has 1 aliphatic carbocycles. The van der Waals surface area contributed by atoms with Gasteiger partial charge in [-0.2, -0.15) is 5.10 Å². The number of aromatic nitrogens is 2. The average Bonchev–Trinajstić information content (AvgIpc) is 2.99. The summed E-state index contributed by atoms with van der Waals surface area (Å²) in [6.45, 7) is 4.94. The molecule has 3 heterocycles. The Bertz CT molecular complexity index is 574. The lowest BCUT2D eigenvalue weighted by molar-refractivity contribution is -0.125. The van der Waals surface area contributed by atoms with Gasteiger partial charge in [0, 0.05) is 37.4 Å². The summed E-state index contributed by atoms with van der Waals surface area (Å²) in [5, 5.41) is 11.0. The molecule has 1 atom stereocenters. The Morgan fingerprint density at radius 2 is 2.12 bits per heavy atom. The van der Waals surface area contributed by atoms with Crippen LogP contribution in [0.15, 0.2) is 18.5 Å². The third-order valence-corrected chi connectivity index (χ3v) is 6.36. The fourth-order valence-corrected chi connectivity index (χ4v) is 4.58. The zero-order valence-electron chi connectivity index (χ0n) is 14.6. The highest BCUT2D eigenvalue weighted by atomic mass is 16.2. The van der Waals surface area contributed by atoms with Crippen molar-refractivity contribution in [1.29, 1.82) is 0 Å². The molecule has 2 aliphatic heterocycles. The lowest BCUT2D eigenvalue weighted by Gasteiger charge is -2.33. The van der Waals surface area contributed by atoms with Gasteiger partial charge < -0.3 is 10.6 Å². The highest BCUT2D eigenvalue weighted by Crippen LogP contribution is 2.46. The van der Waals surface area contributed by atoms with E-state index in [1.807, 2.05) is 23.1 Å². The molecule has 0 aromatic carbocycles. The first-order chi connectivity index (χ1) is 11.6. The maximum Gasteiger partial charge on any atom is 0.237 e. The van der Waals surface area contributed by atoms with Crippen LogP contribution in [0.3, 0.4) is 0 Å². The normalized spacial score (nSPS) is 28.1. The Morgan fingerprint density at radius 1 is 1.33 bits per heavy atom. The molecule has 6 nitrogen and oxygen atoms in total. The largest absolute Gasteiger partial charge is 0.354 e. The maximum absolute atomic E-state index is 12.8. The van der Waals surface area contributed by atoms with Crippen molar-refractivity contribution in [3.8, 4) is 0 Å². The van der Waals surface area contributed by atoms with Gasteiger partial charge in [-0.25, -0.2) is 0 Å². The van der Waals surface area contributed by atoms with E-state index in [0.29, 0.717) is 5.41 Å². The van der Waals surface area contributed by atoms with E-state index in [9.17, 15) is 4.79 Å². The van der Waals surface area contributed by atoms with Crippen LogP contribution < -0.4 is 10.6 Å². The van der Waals surface area contributed by atoms with Gasteiger partial charge in [0.15, 0.2) is 0 Å². The van der Waals surface area contributed by atoms with Gasteiger partial charge in [0.1, 0.15) is 0 Å². The van der Waals surface area contributed by atoms with Crippen molar-refractivity contribution in [2.75, 3.05) is 33.2 Å². The van der Waals surface area contributed by atoms with E-state index in [2.05, 4.69) is 27.7 Å². The van der Waals surface area contributed by atoms with E-state index in [-0.39, 0.29) is 17.4 Å². The summed E-state index contributed by atoms with van der Waals surface area (Å²) in [6.07, 6.45) is 9.61. The van der Waals surface area contributed by atoms with Crippen molar-refractivity contribution in [3.63, 3.8) is 0 Å². The highest BCUT2D eigenvalue weighted by Gasteiger charge is 2.47. The van der Waals surface area contributed by atoms with Crippen LogP contribution in [0.25, 0.3) is 0 Å². The van der Waals surface area contributed by atoms with E-state index in [1.54, 1.807) is 0 Å². The highest BCUT2D eigenvalue weighted by molar-refractivity contribution is 5.82. The minimum Gasteiger partial charge on any atom is -0.354 e. The van der Waals surface area contributed by atoms with Gasteiger partial charge in [-0.3, -0.25) is 14.4 Å². The molecule has 24 heavy (non-hydrogen) atoms. The first-order valence-corrected chi connectivity index (χ1v) is 9.26. The lowest BCUT2D eigenvalue weighted by Crippen LogP contribution is -2.43. The number of hydrogen-bond donors (Lipinski definition) is 2. The SMILES string of the molecule is CN1CC2(CCNCC2)CC1C(=O)NCC1(Cn2cccn2)CC1. The second-order valence-electron chi connectivity index (χ2n) is 8.31. The number of nitrogens with zero attached hydrogens (tertiary/aromatic N) is 3. The summed E-state index contributed by atoms with van der Waals surface area (Å²) >= 11 is 0. The molecule has 3 fully saturated rings. The number of hydrogen-bond acceptors (Lipinski definition) is 4. The molecule has 1 aromatic rings. The molecule has 1 amide bonds. The standard InChI is InChI=1S/C18H29N5O/c1-22-13-17(5-8-19-9-6-17)11-15(22)16(24)20-12-18(3-4-18)14-23-10-2-7-21-23/h2,7,10,15,19H,3-6,8-9,11-14H2,1H3,(H,20,24). The van der Waals surface area contributed by atoms with Crippen molar-refractivity contribution >= 4 is 5.91 Å². The Morgan fingerprint density at radius 3 is 2.79 bits per heavy atom. The summed E-state index contributed by atoms with van der Waals surface area (Å²) < 4.78 is 1.99. The number of likely N-dealkylation sites (tertiary alicyclic amines) is 1. The van der Waals surface area contributed by atoms with Crippen LogP contribution in [-0.2, 0) is 11.3 Å². The minimum absolute atomic E-state index is 0.0450. The van der Waals surface area contributed by atoms with Gasteiger partial charge in [0.25, 0.3) is 0 Å². The fourth-order valence-electron chi connectivity index (χ4n) is 4.58. The average molecular weight is 331 g/mol. The first-order valence-electron chi connectivity index (χ1n) is 9.26. The number of nitrogens with one attached hydrogen (secondary N) is 2. The maximum atomic E-state index is 12.8.